The van der Waals surface area contributed by atoms with Crippen LogP contribution in [0, 0.1) is 13.8 Å². The molecule has 0 amide bonds. The van der Waals surface area contributed by atoms with Crippen LogP contribution in [-0.2, 0) is 0 Å². The third kappa shape index (κ3) is 1.86. The Morgan fingerprint density at radius 2 is 1.77 bits per heavy atom. The maximum Gasteiger partial charge on any atom is 0.132 e. The largest absolute Gasteiger partial charge is 0.344 e. The maximum absolute atomic E-state index is 4.76. The van der Waals surface area contributed by atoms with Crippen LogP contribution in [-0.4, -0.2) is 9.78 Å². The summed E-state index contributed by atoms with van der Waals surface area (Å²) in [4.78, 5) is 0. The van der Waals surface area contributed by atoms with Crippen molar-refractivity contribution in [3.63, 3.8) is 0 Å². The Kier molecular flexibility index (Phi) is 2.83. The first kappa shape index (κ1) is 13.1. The Bertz CT molecular complexity index is 897. The van der Waals surface area contributed by atoms with Crippen molar-refractivity contribution in [2.75, 3.05) is 5.32 Å². The first-order chi connectivity index (χ1) is 10.6. The molecule has 4 rings (SSSR count). The first-order valence-electron chi connectivity index (χ1n) is 7.64. The van der Waals surface area contributed by atoms with Crippen molar-refractivity contribution in [1.82, 2.24) is 9.78 Å². The smallest absolute Gasteiger partial charge is 0.132 e. The second kappa shape index (κ2) is 4.73. The normalized spacial score (nSPS) is 17.0. The summed E-state index contributed by atoms with van der Waals surface area (Å²) in [7, 11) is 0. The molecule has 1 N–H and O–H groups in total. The number of anilines is 1. The fourth-order valence-corrected chi connectivity index (χ4v) is 3.25. The van der Waals surface area contributed by atoms with Gasteiger partial charge in [0.25, 0.3) is 0 Å². The molecule has 1 unspecified atom stereocenters. The van der Waals surface area contributed by atoms with E-state index in [1.807, 2.05) is 0 Å². The van der Waals surface area contributed by atoms with E-state index in [0.29, 0.717) is 0 Å². The molecule has 2 heterocycles. The molecule has 0 fully saturated rings. The molecule has 1 aromatic heterocycles. The minimum atomic E-state index is 0.134. The zero-order chi connectivity index (χ0) is 15.3. The van der Waals surface area contributed by atoms with E-state index in [-0.39, 0.29) is 6.04 Å². The Hall–Kier alpha value is -2.55. The van der Waals surface area contributed by atoms with E-state index >= 15 is 0 Å². The summed E-state index contributed by atoms with van der Waals surface area (Å²) >= 11 is 0. The van der Waals surface area contributed by atoms with Crippen molar-refractivity contribution >= 4 is 16.6 Å². The molecular weight excluding hydrogens is 270 g/mol. The van der Waals surface area contributed by atoms with Gasteiger partial charge in [-0.2, -0.15) is 5.10 Å². The highest BCUT2D eigenvalue weighted by molar-refractivity contribution is 5.86. The number of hydrogen-bond acceptors (Lipinski definition) is 2. The molecule has 110 valence electrons. The third-order valence-corrected chi connectivity index (χ3v) is 4.51. The number of nitrogens with one attached hydrogen (secondary N) is 1. The van der Waals surface area contributed by atoms with E-state index in [1.165, 1.54) is 27.6 Å². The van der Waals surface area contributed by atoms with Gasteiger partial charge in [0.15, 0.2) is 0 Å². The minimum absolute atomic E-state index is 0.134. The van der Waals surface area contributed by atoms with Crippen LogP contribution < -0.4 is 5.32 Å². The second-order valence-corrected chi connectivity index (χ2v) is 5.99. The highest BCUT2D eigenvalue weighted by Crippen LogP contribution is 2.35. The lowest BCUT2D eigenvalue weighted by Gasteiger charge is -2.25. The van der Waals surface area contributed by atoms with Gasteiger partial charge in [-0.25, -0.2) is 4.68 Å². The molecule has 1 aliphatic heterocycles. The van der Waals surface area contributed by atoms with Crippen molar-refractivity contribution < 1.29 is 0 Å². The Labute approximate surface area is 130 Å². The molecule has 0 bridgehead atoms. The van der Waals surface area contributed by atoms with Gasteiger partial charge in [0, 0.05) is 11.3 Å². The minimum Gasteiger partial charge on any atom is -0.344 e. The molecule has 3 heteroatoms. The van der Waals surface area contributed by atoms with Gasteiger partial charge in [0.2, 0.25) is 0 Å². The van der Waals surface area contributed by atoms with Crippen LogP contribution in [0.25, 0.3) is 10.8 Å². The van der Waals surface area contributed by atoms with Crippen molar-refractivity contribution in [2.24, 2.45) is 0 Å². The molecule has 3 nitrogen and oxygen atoms in total. The van der Waals surface area contributed by atoms with Crippen molar-refractivity contribution in [2.45, 2.75) is 26.8 Å². The standard InChI is InChI=1S/C19H19N3/c1-12-11-18(22-19(20-12)13(2)14(3)21-22)17-10-6-8-15-7-4-5-9-16(15)17/h4-11,18,20H,1-3H3. The summed E-state index contributed by atoms with van der Waals surface area (Å²) in [6.07, 6.45) is 2.25. The van der Waals surface area contributed by atoms with Crippen molar-refractivity contribution in [3.05, 3.63) is 71.1 Å². The average molecular weight is 289 g/mol. The first-order valence-corrected chi connectivity index (χ1v) is 7.64. The summed E-state index contributed by atoms with van der Waals surface area (Å²) < 4.78 is 2.11. The molecule has 0 saturated heterocycles. The summed E-state index contributed by atoms with van der Waals surface area (Å²) in [5.41, 5.74) is 4.77. The van der Waals surface area contributed by atoms with Crippen LogP contribution in [0.2, 0.25) is 0 Å². The third-order valence-electron chi connectivity index (χ3n) is 4.51. The lowest BCUT2D eigenvalue weighted by Crippen LogP contribution is -2.19. The van der Waals surface area contributed by atoms with E-state index in [0.717, 1.165) is 11.5 Å². The zero-order valence-electron chi connectivity index (χ0n) is 13.1. The van der Waals surface area contributed by atoms with Crippen molar-refractivity contribution in [1.29, 1.82) is 0 Å². The number of hydrogen-bond donors (Lipinski definition) is 1. The fourth-order valence-electron chi connectivity index (χ4n) is 3.25. The predicted molar refractivity (Wildman–Crippen MR) is 91.2 cm³/mol. The molecule has 1 aliphatic rings. The Balaban J connectivity index is 1.98. The molecular formula is C19H19N3. The molecule has 0 spiro atoms. The number of aryl methyl sites for hydroxylation is 1. The number of nitrogens with zero attached hydrogens (tertiary/aromatic N) is 2. The molecule has 0 saturated carbocycles. The number of rotatable bonds is 1. The lowest BCUT2D eigenvalue weighted by atomic mass is 9.97. The summed E-state index contributed by atoms with van der Waals surface area (Å²) in [6.45, 7) is 6.31. The van der Waals surface area contributed by atoms with Crippen LogP contribution in [0.3, 0.4) is 0 Å². The summed E-state index contributed by atoms with van der Waals surface area (Å²) in [5.74, 6) is 1.11. The van der Waals surface area contributed by atoms with E-state index < -0.39 is 0 Å². The van der Waals surface area contributed by atoms with Gasteiger partial charge >= 0.3 is 0 Å². The van der Waals surface area contributed by atoms with Gasteiger partial charge in [-0.05, 0) is 43.2 Å². The maximum atomic E-state index is 4.76. The molecule has 2 aromatic carbocycles. The van der Waals surface area contributed by atoms with E-state index in [4.69, 9.17) is 5.10 Å². The number of aromatic nitrogens is 2. The Morgan fingerprint density at radius 3 is 2.64 bits per heavy atom. The van der Waals surface area contributed by atoms with Crippen LogP contribution in [0.5, 0.6) is 0 Å². The van der Waals surface area contributed by atoms with E-state index in [9.17, 15) is 0 Å². The summed E-state index contributed by atoms with van der Waals surface area (Å²) in [6, 6.07) is 15.2. The van der Waals surface area contributed by atoms with Crippen LogP contribution in [0.4, 0.5) is 5.82 Å². The highest BCUT2D eigenvalue weighted by Gasteiger charge is 2.24. The van der Waals surface area contributed by atoms with E-state index in [2.05, 4.69) is 79.3 Å². The topological polar surface area (TPSA) is 29.9 Å². The van der Waals surface area contributed by atoms with E-state index in [1.54, 1.807) is 0 Å². The SMILES string of the molecule is CC1=CC(c2cccc3ccccc23)n2nc(C)c(C)c2N1. The monoisotopic (exact) mass is 289 g/mol. The lowest BCUT2D eigenvalue weighted by molar-refractivity contribution is 0.603. The summed E-state index contributed by atoms with van der Waals surface area (Å²) in [5, 5.41) is 10.8. The Morgan fingerprint density at radius 1 is 1.00 bits per heavy atom. The molecule has 3 aromatic rings. The van der Waals surface area contributed by atoms with Gasteiger partial charge in [-0.15, -0.1) is 0 Å². The van der Waals surface area contributed by atoms with Crippen LogP contribution >= 0.6 is 0 Å². The quantitative estimate of drug-likeness (QED) is 0.711. The van der Waals surface area contributed by atoms with Crippen LogP contribution in [0.15, 0.2) is 54.2 Å². The van der Waals surface area contributed by atoms with Crippen LogP contribution in [0.1, 0.15) is 29.8 Å². The molecule has 0 aliphatic carbocycles. The number of fused-ring (bicyclic) bond motifs is 2. The van der Waals surface area contributed by atoms with Gasteiger partial charge in [0.1, 0.15) is 5.82 Å². The molecule has 1 atom stereocenters. The van der Waals surface area contributed by atoms with Gasteiger partial charge in [-0.3, -0.25) is 0 Å². The number of benzene rings is 2. The van der Waals surface area contributed by atoms with Gasteiger partial charge in [-0.1, -0.05) is 42.5 Å². The molecule has 0 radical (unpaired) electrons. The average Bonchev–Trinajstić information content (AvgIpc) is 2.82. The number of allylic oxidation sites excluding steroid dienone is 2. The highest BCUT2D eigenvalue weighted by atomic mass is 15.4. The second-order valence-electron chi connectivity index (χ2n) is 5.99. The van der Waals surface area contributed by atoms with Crippen molar-refractivity contribution in [3.8, 4) is 0 Å². The predicted octanol–water partition coefficient (Wildman–Crippen LogP) is 4.57. The zero-order valence-corrected chi connectivity index (χ0v) is 13.1. The van der Waals surface area contributed by atoms with Gasteiger partial charge in [0.05, 0.1) is 11.7 Å². The molecule has 22 heavy (non-hydrogen) atoms. The fraction of sp³-hybridized carbons (Fsp3) is 0.211. The van der Waals surface area contributed by atoms with Gasteiger partial charge < -0.3 is 5.32 Å².